The number of hydrogen-bond acceptors (Lipinski definition) is 7. The van der Waals surface area contributed by atoms with Crippen LogP contribution in [0.2, 0.25) is 0 Å². The average Bonchev–Trinajstić information content (AvgIpc) is 2.40. The van der Waals surface area contributed by atoms with Crippen molar-refractivity contribution in [3.63, 3.8) is 0 Å². The normalized spacial score (nSPS) is 12.2. The molecular weight excluding hydrogens is 298 g/mol. The van der Waals surface area contributed by atoms with Crippen LogP contribution in [0.5, 0.6) is 0 Å². The smallest absolute Gasteiger partial charge is 0.435 e. The minimum Gasteiger partial charge on any atom is -0.435 e. The van der Waals surface area contributed by atoms with Crippen LogP contribution in [0.1, 0.15) is 40.0 Å². The van der Waals surface area contributed by atoms with Crippen molar-refractivity contribution in [2.24, 2.45) is 11.1 Å². The summed E-state index contributed by atoms with van der Waals surface area (Å²) in [7, 11) is -3.51. The van der Waals surface area contributed by atoms with Crippen LogP contribution in [0.25, 0.3) is 0 Å². The number of rotatable bonds is 11. The molecule has 0 unspecified atom stereocenters. The lowest BCUT2D eigenvalue weighted by molar-refractivity contribution is 0.0543. The molecule has 0 fully saturated rings. The Bertz CT molecular complexity index is 393. The van der Waals surface area contributed by atoms with Crippen LogP contribution in [0.3, 0.4) is 0 Å². The summed E-state index contributed by atoms with van der Waals surface area (Å²) in [4.78, 5) is 11.0. The first-order valence-corrected chi connectivity index (χ1v) is 8.67. The van der Waals surface area contributed by atoms with E-state index in [4.69, 9.17) is 14.7 Å². The van der Waals surface area contributed by atoms with Crippen molar-refractivity contribution >= 4 is 16.3 Å². The van der Waals surface area contributed by atoms with Gasteiger partial charge in [0.15, 0.2) is 0 Å². The van der Waals surface area contributed by atoms with Gasteiger partial charge in [-0.2, -0.15) is 8.42 Å². The molecule has 7 nitrogen and oxygen atoms in total. The van der Waals surface area contributed by atoms with E-state index in [1.165, 1.54) is 0 Å². The molecule has 0 bridgehead atoms. The second-order valence-corrected chi connectivity index (χ2v) is 7.22. The van der Waals surface area contributed by atoms with Crippen molar-refractivity contribution in [2.75, 3.05) is 32.1 Å². The maximum Gasteiger partial charge on any atom is 0.508 e. The Hall–Kier alpha value is -0.860. The molecule has 0 aromatic rings. The average molecular weight is 325 g/mol. The fourth-order valence-electron chi connectivity index (χ4n) is 1.51. The quantitative estimate of drug-likeness (QED) is 0.350. The van der Waals surface area contributed by atoms with E-state index in [2.05, 4.69) is 4.74 Å². The van der Waals surface area contributed by atoms with Gasteiger partial charge >= 0.3 is 6.16 Å². The molecule has 126 valence electrons. The van der Waals surface area contributed by atoms with Crippen LogP contribution in [0, 0.1) is 5.41 Å². The van der Waals surface area contributed by atoms with Crippen molar-refractivity contribution in [3.8, 4) is 0 Å². The molecule has 0 saturated carbocycles. The van der Waals surface area contributed by atoms with Crippen LogP contribution in [0.4, 0.5) is 4.79 Å². The number of hydrogen-bond donors (Lipinski definition) is 1. The van der Waals surface area contributed by atoms with Crippen molar-refractivity contribution in [1.82, 2.24) is 0 Å². The molecule has 2 N–H and O–H groups in total. The third-order valence-electron chi connectivity index (χ3n) is 2.71. The van der Waals surface area contributed by atoms with E-state index in [0.717, 1.165) is 0 Å². The molecule has 0 amide bonds. The van der Waals surface area contributed by atoms with E-state index in [1.807, 2.05) is 13.8 Å². The summed E-state index contributed by atoms with van der Waals surface area (Å²) < 4.78 is 37.6. The molecule has 0 radical (unpaired) electrons. The zero-order valence-electron chi connectivity index (χ0n) is 13.1. The van der Waals surface area contributed by atoms with E-state index in [9.17, 15) is 13.2 Å². The summed E-state index contributed by atoms with van der Waals surface area (Å²) in [6, 6.07) is 0. The largest absolute Gasteiger partial charge is 0.508 e. The van der Waals surface area contributed by atoms with Crippen LogP contribution in [0.15, 0.2) is 0 Å². The fraction of sp³-hybridized carbons (Fsp3) is 0.923. The molecule has 8 heteroatoms. The highest BCUT2D eigenvalue weighted by Gasteiger charge is 2.22. The van der Waals surface area contributed by atoms with Crippen LogP contribution < -0.4 is 5.73 Å². The van der Waals surface area contributed by atoms with Crippen molar-refractivity contribution < 1.29 is 26.9 Å². The van der Waals surface area contributed by atoms with Crippen molar-refractivity contribution in [2.45, 2.75) is 40.0 Å². The van der Waals surface area contributed by atoms with E-state index in [0.29, 0.717) is 25.8 Å². The molecule has 21 heavy (non-hydrogen) atoms. The second-order valence-electron chi connectivity index (χ2n) is 5.47. The second kappa shape index (κ2) is 9.97. The molecular formula is C13H27NO6S. The molecule has 0 heterocycles. The highest BCUT2D eigenvalue weighted by Crippen LogP contribution is 2.23. The highest BCUT2D eigenvalue weighted by molar-refractivity contribution is 7.86. The number of carbonyl (C=O) groups is 1. The number of carbonyl (C=O) groups excluding carboxylic acids is 1. The monoisotopic (exact) mass is 325 g/mol. The van der Waals surface area contributed by atoms with Gasteiger partial charge in [-0.25, -0.2) is 4.79 Å². The molecule has 0 aliphatic heterocycles. The molecule has 0 spiro atoms. The van der Waals surface area contributed by atoms with Crippen molar-refractivity contribution in [1.29, 1.82) is 0 Å². The van der Waals surface area contributed by atoms with E-state index >= 15 is 0 Å². The molecule has 0 aromatic heterocycles. The Labute approximate surface area is 127 Å². The number of ether oxygens (including phenoxy) is 2. The third-order valence-corrected chi connectivity index (χ3v) is 3.97. The van der Waals surface area contributed by atoms with E-state index in [-0.39, 0.29) is 31.0 Å². The Morgan fingerprint density at radius 1 is 1.19 bits per heavy atom. The predicted octanol–water partition coefficient (Wildman–Crippen LogP) is 1.66. The Kier molecular flexibility index (Phi) is 9.56. The van der Waals surface area contributed by atoms with Gasteiger partial charge in [0, 0.05) is 0 Å². The first kappa shape index (κ1) is 20.1. The van der Waals surface area contributed by atoms with Crippen LogP contribution >= 0.6 is 0 Å². The van der Waals surface area contributed by atoms with Gasteiger partial charge in [0.1, 0.15) is 0 Å². The van der Waals surface area contributed by atoms with Gasteiger partial charge in [0.25, 0.3) is 10.1 Å². The SMILES string of the molecule is CCOC(=O)OCCCC(C)(C)COS(=O)(=O)CCCN. The topological polar surface area (TPSA) is 105 Å². The van der Waals surface area contributed by atoms with Crippen LogP contribution in [-0.2, 0) is 23.8 Å². The van der Waals surface area contributed by atoms with Gasteiger partial charge in [0.05, 0.1) is 25.6 Å². The minimum absolute atomic E-state index is 0.0639. The van der Waals surface area contributed by atoms with Crippen molar-refractivity contribution in [3.05, 3.63) is 0 Å². The zero-order valence-corrected chi connectivity index (χ0v) is 13.9. The number of nitrogens with two attached hydrogens (primary N) is 1. The highest BCUT2D eigenvalue weighted by atomic mass is 32.2. The summed E-state index contributed by atoms with van der Waals surface area (Å²) in [5.74, 6) is -0.0639. The first-order valence-electron chi connectivity index (χ1n) is 7.09. The Balaban J connectivity index is 3.95. The fourth-order valence-corrected chi connectivity index (χ4v) is 2.64. The predicted molar refractivity (Wildman–Crippen MR) is 79.4 cm³/mol. The summed E-state index contributed by atoms with van der Waals surface area (Å²) >= 11 is 0. The lowest BCUT2D eigenvalue weighted by Gasteiger charge is -2.23. The summed E-state index contributed by atoms with van der Waals surface area (Å²) in [5, 5.41) is 0. The third kappa shape index (κ3) is 11.5. The van der Waals surface area contributed by atoms with Gasteiger partial charge in [-0.3, -0.25) is 4.18 Å². The maximum atomic E-state index is 11.6. The Morgan fingerprint density at radius 3 is 2.43 bits per heavy atom. The van der Waals surface area contributed by atoms with Gasteiger partial charge in [-0.05, 0) is 38.1 Å². The summed E-state index contributed by atoms with van der Waals surface area (Å²) in [6.07, 6.45) is 0.975. The lowest BCUT2D eigenvalue weighted by Crippen LogP contribution is -2.24. The van der Waals surface area contributed by atoms with Gasteiger partial charge in [-0.15, -0.1) is 0 Å². The van der Waals surface area contributed by atoms with E-state index in [1.54, 1.807) is 6.92 Å². The van der Waals surface area contributed by atoms with Crippen LogP contribution in [-0.4, -0.2) is 46.7 Å². The summed E-state index contributed by atoms with van der Waals surface area (Å²) in [5.41, 5.74) is 4.95. The standard InChI is InChI=1S/C13H27NO6S/c1-4-18-12(15)19-9-5-7-13(2,3)11-20-21(16,17)10-6-8-14/h4-11,14H2,1-3H3. The molecule has 0 atom stereocenters. The van der Waals surface area contributed by atoms with E-state index < -0.39 is 16.3 Å². The molecule has 0 saturated heterocycles. The lowest BCUT2D eigenvalue weighted by atomic mass is 9.89. The van der Waals surface area contributed by atoms with Gasteiger partial charge < -0.3 is 15.2 Å². The zero-order chi connectivity index (χ0) is 16.4. The molecule has 0 aliphatic rings. The molecule has 0 aromatic carbocycles. The summed E-state index contributed by atoms with van der Waals surface area (Å²) in [6.45, 7) is 6.43. The minimum atomic E-state index is -3.51. The molecule has 0 aliphatic carbocycles. The Morgan fingerprint density at radius 2 is 1.86 bits per heavy atom. The first-order chi connectivity index (χ1) is 9.72. The maximum absolute atomic E-state index is 11.6. The molecule has 0 rings (SSSR count). The van der Waals surface area contributed by atoms with Gasteiger partial charge in [-0.1, -0.05) is 13.8 Å². The van der Waals surface area contributed by atoms with Gasteiger partial charge in [0.2, 0.25) is 0 Å².